The molecule has 5 rings (SSSR count). The highest BCUT2D eigenvalue weighted by molar-refractivity contribution is 7.92. The number of nitrogens with one attached hydrogen (secondary N) is 2. The number of benzene rings is 2. The van der Waals surface area contributed by atoms with Gasteiger partial charge in [-0.15, -0.1) is 0 Å². The first-order valence-electron chi connectivity index (χ1n) is 15.2. The van der Waals surface area contributed by atoms with Crippen molar-refractivity contribution in [1.29, 1.82) is 0 Å². The smallest absolute Gasteiger partial charge is 0.229 e. The van der Waals surface area contributed by atoms with Crippen LogP contribution in [0, 0.1) is 11.8 Å². The molecule has 8 nitrogen and oxygen atoms in total. The number of rotatable bonds is 10. The fourth-order valence-electron chi connectivity index (χ4n) is 6.16. The van der Waals surface area contributed by atoms with Crippen molar-refractivity contribution in [1.82, 2.24) is 9.97 Å². The zero-order valence-corrected chi connectivity index (χ0v) is 26.3. The fourth-order valence-corrected chi connectivity index (χ4v) is 7.50. The molecule has 1 aliphatic heterocycles. The number of nitrogens with zero attached hydrogens (tertiary/aromatic N) is 3. The van der Waals surface area contributed by atoms with Gasteiger partial charge in [0.1, 0.15) is 10.8 Å². The zero-order valence-electron chi connectivity index (χ0n) is 24.8. The third kappa shape index (κ3) is 6.94. The number of halogens is 1. The molecule has 0 bridgehead atoms. The number of hydrogen-bond donors (Lipinski definition) is 2. The van der Waals surface area contributed by atoms with Crippen molar-refractivity contribution >= 4 is 50.3 Å². The van der Waals surface area contributed by atoms with Gasteiger partial charge in [0.15, 0.2) is 15.7 Å². The largest absolute Gasteiger partial charge is 0.492 e. The van der Waals surface area contributed by atoms with Crippen molar-refractivity contribution in [2.75, 3.05) is 35.2 Å². The summed E-state index contributed by atoms with van der Waals surface area (Å²) in [5.74, 6) is 3.12. The predicted molar refractivity (Wildman–Crippen MR) is 171 cm³/mol. The van der Waals surface area contributed by atoms with E-state index in [-0.39, 0.29) is 9.92 Å². The van der Waals surface area contributed by atoms with Crippen LogP contribution in [-0.2, 0) is 9.84 Å². The van der Waals surface area contributed by atoms with E-state index in [1.165, 1.54) is 51.1 Å². The van der Waals surface area contributed by atoms with Crippen LogP contribution in [0.25, 0.3) is 0 Å². The second-order valence-electron chi connectivity index (χ2n) is 11.6. The highest BCUT2D eigenvalue weighted by Crippen LogP contribution is 2.38. The predicted octanol–water partition coefficient (Wildman–Crippen LogP) is 7.99. The second kappa shape index (κ2) is 13.5. The summed E-state index contributed by atoms with van der Waals surface area (Å²) >= 11 is 6.43. The Bertz CT molecular complexity index is 1470. The van der Waals surface area contributed by atoms with E-state index in [9.17, 15) is 8.42 Å². The van der Waals surface area contributed by atoms with Gasteiger partial charge in [0.05, 0.1) is 34.3 Å². The Kier molecular flexibility index (Phi) is 9.78. The monoisotopic (exact) mass is 611 g/mol. The quantitative estimate of drug-likeness (QED) is 0.238. The molecule has 0 radical (unpaired) electrons. The van der Waals surface area contributed by atoms with Crippen LogP contribution >= 0.6 is 11.6 Å². The maximum Gasteiger partial charge on any atom is 0.229 e. The summed E-state index contributed by atoms with van der Waals surface area (Å²) in [7, 11) is -3.52. The van der Waals surface area contributed by atoms with Gasteiger partial charge in [0.25, 0.3) is 0 Å². The lowest BCUT2D eigenvalue weighted by molar-refractivity contribution is 0.213. The van der Waals surface area contributed by atoms with Crippen LogP contribution in [0.3, 0.4) is 0 Å². The van der Waals surface area contributed by atoms with Crippen molar-refractivity contribution < 1.29 is 13.2 Å². The third-order valence-corrected chi connectivity index (χ3v) is 11.0. The molecule has 1 aliphatic carbocycles. The van der Waals surface area contributed by atoms with Crippen LogP contribution in [0.4, 0.5) is 28.8 Å². The molecule has 2 N–H and O–H groups in total. The van der Waals surface area contributed by atoms with Crippen LogP contribution in [0.1, 0.15) is 65.7 Å². The number of sulfone groups is 1. The summed E-state index contributed by atoms with van der Waals surface area (Å²) in [6, 6.07) is 13.0. The van der Waals surface area contributed by atoms with Crippen LogP contribution in [0.15, 0.2) is 53.6 Å². The molecule has 3 aromatic rings. The highest BCUT2D eigenvalue weighted by Gasteiger charge is 2.28. The third-order valence-electron chi connectivity index (χ3n) is 8.54. The average Bonchev–Trinajstić information content (AvgIpc) is 3.00. The first-order chi connectivity index (χ1) is 20.3. The van der Waals surface area contributed by atoms with Gasteiger partial charge in [-0.25, -0.2) is 13.4 Å². The average molecular weight is 612 g/mol. The molecule has 1 saturated heterocycles. The number of ether oxygens (including phenoxy) is 1. The molecule has 2 aliphatic rings. The van der Waals surface area contributed by atoms with E-state index in [0.717, 1.165) is 42.0 Å². The van der Waals surface area contributed by atoms with Gasteiger partial charge in [-0.2, -0.15) is 4.98 Å². The molecule has 226 valence electrons. The molecular weight excluding hydrogens is 570 g/mol. The molecule has 2 fully saturated rings. The van der Waals surface area contributed by atoms with Gasteiger partial charge in [0, 0.05) is 24.8 Å². The molecule has 1 aromatic heterocycles. The van der Waals surface area contributed by atoms with Crippen molar-refractivity contribution in [3.63, 3.8) is 0 Å². The number of aromatic nitrogens is 2. The van der Waals surface area contributed by atoms with Crippen molar-refractivity contribution in [3.05, 3.63) is 53.7 Å². The molecule has 0 unspecified atom stereocenters. The van der Waals surface area contributed by atoms with Crippen molar-refractivity contribution in [2.24, 2.45) is 11.8 Å². The lowest BCUT2D eigenvalue weighted by atomic mass is 9.76. The topological polar surface area (TPSA) is 96.5 Å². The minimum Gasteiger partial charge on any atom is -0.492 e. The Hall–Kier alpha value is -3.04. The molecule has 42 heavy (non-hydrogen) atoms. The Morgan fingerprint density at radius 1 is 0.976 bits per heavy atom. The number of anilines is 5. The van der Waals surface area contributed by atoms with Gasteiger partial charge < -0.3 is 20.3 Å². The maximum atomic E-state index is 12.9. The standard InChI is InChI=1S/C32H42ClN5O3S/c1-4-41-29-20-25(38-18-16-24(17-19-38)23-10-6-5-7-11-23)14-15-27(29)36-32-34-21-26(33)31(37-32)35-28-12-8-9-13-30(28)42(39,40)22(2)3/h8-9,12-15,20-24H,4-7,10-11,16-19H2,1-3H3,(H2,34,35,36,37). The minimum absolute atomic E-state index is 0.196. The summed E-state index contributed by atoms with van der Waals surface area (Å²) < 4.78 is 31.9. The Balaban J connectivity index is 1.32. The molecule has 2 aromatic carbocycles. The fraction of sp³-hybridized carbons (Fsp3) is 0.500. The lowest BCUT2D eigenvalue weighted by Crippen LogP contribution is -2.36. The van der Waals surface area contributed by atoms with E-state index in [1.807, 2.05) is 13.0 Å². The van der Waals surface area contributed by atoms with Crippen molar-refractivity contribution in [3.8, 4) is 5.75 Å². The number of para-hydroxylation sites is 1. The van der Waals surface area contributed by atoms with Gasteiger partial charge >= 0.3 is 0 Å². The summed E-state index contributed by atoms with van der Waals surface area (Å²) in [6.07, 6.45) is 11.0. The second-order valence-corrected chi connectivity index (χ2v) is 14.4. The molecule has 1 saturated carbocycles. The molecule has 0 atom stereocenters. The van der Waals surface area contributed by atoms with Crippen LogP contribution in [0.5, 0.6) is 5.75 Å². The van der Waals surface area contributed by atoms with Gasteiger partial charge in [-0.1, -0.05) is 55.8 Å². The molecule has 0 spiro atoms. The lowest BCUT2D eigenvalue weighted by Gasteiger charge is -2.38. The molecular formula is C32H42ClN5O3S. The van der Waals surface area contributed by atoms with Gasteiger partial charge in [-0.3, -0.25) is 0 Å². The van der Waals surface area contributed by atoms with E-state index < -0.39 is 15.1 Å². The first kappa shape index (κ1) is 30.4. The van der Waals surface area contributed by atoms with Crippen LogP contribution < -0.4 is 20.3 Å². The van der Waals surface area contributed by atoms with E-state index in [2.05, 4.69) is 37.6 Å². The summed E-state index contributed by atoms with van der Waals surface area (Å²) in [4.78, 5) is 11.6. The van der Waals surface area contributed by atoms with Gasteiger partial charge in [0.2, 0.25) is 5.95 Å². The Morgan fingerprint density at radius 2 is 1.69 bits per heavy atom. The van der Waals surface area contributed by atoms with E-state index in [1.54, 1.807) is 38.1 Å². The SMILES string of the molecule is CCOc1cc(N2CCC(C3CCCCC3)CC2)ccc1Nc1ncc(Cl)c(Nc2ccccc2S(=O)(=O)C(C)C)n1. The minimum atomic E-state index is -3.52. The Morgan fingerprint density at radius 3 is 2.40 bits per heavy atom. The first-order valence-corrected chi connectivity index (χ1v) is 17.1. The molecule has 2 heterocycles. The van der Waals surface area contributed by atoms with E-state index >= 15 is 0 Å². The van der Waals surface area contributed by atoms with Crippen LogP contribution in [0.2, 0.25) is 5.02 Å². The van der Waals surface area contributed by atoms with E-state index in [4.69, 9.17) is 16.3 Å². The molecule has 0 amide bonds. The number of hydrogen-bond acceptors (Lipinski definition) is 8. The zero-order chi connectivity index (χ0) is 29.7. The van der Waals surface area contributed by atoms with Gasteiger partial charge in [-0.05, 0) is 69.7 Å². The summed E-state index contributed by atoms with van der Waals surface area (Å²) in [5.41, 5.74) is 2.31. The molecule has 10 heteroatoms. The van der Waals surface area contributed by atoms with E-state index in [0.29, 0.717) is 24.1 Å². The summed E-state index contributed by atoms with van der Waals surface area (Å²) in [5, 5.41) is 6.08. The Labute approximate surface area is 255 Å². The maximum absolute atomic E-state index is 12.9. The van der Waals surface area contributed by atoms with Crippen molar-refractivity contribution in [2.45, 2.75) is 75.9 Å². The number of piperidine rings is 1. The highest BCUT2D eigenvalue weighted by atomic mass is 35.5. The normalized spacial score (nSPS) is 16.9. The van der Waals surface area contributed by atoms with Crippen LogP contribution in [-0.4, -0.2) is 43.3 Å². The summed E-state index contributed by atoms with van der Waals surface area (Å²) in [6.45, 7) is 7.96.